The number of pyridine rings is 1. The number of anilines is 1. The van der Waals surface area contributed by atoms with Gasteiger partial charge in [0.25, 0.3) is 0 Å². The molecule has 0 saturated heterocycles. The van der Waals surface area contributed by atoms with E-state index in [0.29, 0.717) is 17.1 Å². The van der Waals surface area contributed by atoms with Crippen LogP contribution in [0.4, 0.5) is 19.0 Å². The summed E-state index contributed by atoms with van der Waals surface area (Å²) in [4.78, 5) is 5.24. The first-order chi connectivity index (χ1) is 8.37. The van der Waals surface area contributed by atoms with Crippen LogP contribution in [0.15, 0.2) is 12.1 Å². The molecule has 2 N–H and O–H groups in total. The van der Waals surface area contributed by atoms with E-state index in [9.17, 15) is 13.2 Å². The highest BCUT2D eigenvalue weighted by Gasteiger charge is 2.31. The fraction of sp³-hybridized carbons (Fsp3) is 0.545. The monoisotopic (exact) mass is 281 g/mol. The first kappa shape index (κ1) is 15.0. The molecule has 0 atom stereocenters. The Balaban J connectivity index is 2.98. The second-order valence-electron chi connectivity index (χ2n) is 3.84. The lowest BCUT2D eigenvalue weighted by atomic mass is 10.3. The molecule has 1 aromatic heterocycles. The molecule has 3 nitrogen and oxygen atoms in total. The van der Waals surface area contributed by atoms with Crippen LogP contribution in [0, 0.1) is 0 Å². The van der Waals surface area contributed by atoms with Gasteiger partial charge in [-0.1, -0.05) is 18.5 Å². The molecular weight excluding hydrogens is 267 g/mol. The number of hydrogen-bond donors (Lipinski definition) is 1. The Bertz CT molecular complexity index is 396. The predicted molar refractivity (Wildman–Crippen MR) is 65.7 cm³/mol. The van der Waals surface area contributed by atoms with Crippen molar-refractivity contribution in [1.29, 1.82) is 0 Å². The summed E-state index contributed by atoms with van der Waals surface area (Å²) in [6, 6.07) is 2.99. The third-order valence-electron chi connectivity index (χ3n) is 2.28. The molecule has 0 unspecified atom stereocenters. The minimum atomic E-state index is -4.26. The zero-order chi connectivity index (χ0) is 13.8. The second kappa shape index (κ2) is 6.24. The third kappa shape index (κ3) is 4.34. The molecule has 0 aliphatic rings. The zero-order valence-corrected chi connectivity index (χ0v) is 10.7. The molecule has 0 aromatic carbocycles. The fourth-order valence-corrected chi connectivity index (χ4v) is 1.74. The molecule has 0 aliphatic heterocycles. The van der Waals surface area contributed by atoms with Gasteiger partial charge in [-0.25, -0.2) is 4.98 Å². The lowest BCUT2D eigenvalue weighted by Gasteiger charge is -2.25. The first-order valence-corrected chi connectivity index (χ1v) is 5.92. The molecule has 18 heavy (non-hydrogen) atoms. The van der Waals surface area contributed by atoms with E-state index in [1.54, 1.807) is 0 Å². The molecule has 0 bridgehead atoms. The largest absolute Gasteiger partial charge is 0.405 e. The van der Waals surface area contributed by atoms with Crippen LogP contribution in [0.3, 0.4) is 0 Å². The Labute approximate surface area is 109 Å². The van der Waals surface area contributed by atoms with E-state index in [1.807, 2.05) is 6.92 Å². The highest BCUT2D eigenvalue weighted by Crippen LogP contribution is 2.23. The highest BCUT2D eigenvalue weighted by molar-refractivity contribution is 6.31. The molecule has 0 aliphatic carbocycles. The van der Waals surface area contributed by atoms with Gasteiger partial charge >= 0.3 is 6.18 Å². The van der Waals surface area contributed by atoms with Gasteiger partial charge in [0.1, 0.15) is 12.4 Å². The van der Waals surface area contributed by atoms with Crippen molar-refractivity contribution in [2.45, 2.75) is 26.1 Å². The number of rotatable bonds is 5. The molecule has 0 amide bonds. The zero-order valence-electron chi connectivity index (χ0n) is 9.97. The Morgan fingerprint density at radius 3 is 2.56 bits per heavy atom. The van der Waals surface area contributed by atoms with Crippen LogP contribution in [0.2, 0.25) is 5.02 Å². The molecule has 0 spiro atoms. The topological polar surface area (TPSA) is 42.1 Å². The van der Waals surface area contributed by atoms with Crippen molar-refractivity contribution in [3.8, 4) is 0 Å². The third-order valence-corrected chi connectivity index (χ3v) is 2.63. The van der Waals surface area contributed by atoms with Crippen LogP contribution in [0.5, 0.6) is 0 Å². The number of halogens is 4. The van der Waals surface area contributed by atoms with Crippen LogP contribution in [-0.2, 0) is 6.54 Å². The molecule has 0 radical (unpaired) electrons. The highest BCUT2D eigenvalue weighted by atomic mass is 35.5. The van der Waals surface area contributed by atoms with E-state index < -0.39 is 12.7 Å². The molecule has 0 fully saturated rings. The maximum absolute atomic E-state index is 12.5. The number of nitrogens with two attached hydrogens (primary N) is 1. The van der Waals surface area contributed by atoms with Gasteiger partial charge in [0.05, 0.1) is 10.7 Å². The second-order valence-corrected chi connectivity index (χ2v) is 4.25. The summed E-state index contributed by atoms with van der Waals surface area (Å²) in [7, 11) is 0. The molecule has 7 heteroatoms. The lowest BCUT2D eigenvalue weighted by molar-refractivity contribution is -0.119. The summed E-state index contributed by atoms with van der Waals surface area (Å²) in [6.07, 6.45) is -3.67. The van der Waals surface area contributed by atoms with Gasteiger partial charge in [-0.3, -0.25) is 0 Å². The number of aromatic nitrogens is 1. The van der Waals surface area contributed by atoms with Crippen LogP contribution in [0.25, 0.3) is 0 Å². The van der Waals surface area contributed by atoms with Gasteiger partial charge in [0.15, 0.2) is 0 Å². The van der Waals surface area contributed by atoms with E-state index in [4.69, 9.17) is 17.3 Å². The molecule has 1 heterocycles. The van der Waals surface area contributed by atoms with Gasteiger partial charge in [-0.15, -0.1) is 0 Å². The van der Waals surface area contributed by atoms with Crippen LogP contribution >= 0.6 is 11.6 Å². The summed E-state index contributed by atoms with van der Waals surface area (Å²) >= 11 is 5.83. The molecule has 1 aromatic rings. The van der Waals surface area contributed by atoms with Crippen LogP contribution < -0.4 is 10.6 Å². The van der Waals surface area contributed by atoms with E-state index in [-0.39, 0.29) is 18.9 Å². The number of nitrogens with zero attached hydrogens (tertiary/aromatic N) is 2. The van der Waals surface area contributed by atoms with Gasteiger partial charge in [-0.2, -0.15) is 13.2 Å². The van der Waals surface area contributed by atoms with E-state index in [1.165, 1.54) is 17.0 Å². The lowest BCUT2D eigenvalue weighted by Crippen LogP contribution is -2.35. The average molecular weight is 282 g/mol. The smallest absolute Gasteiger partial charge is 0.348 e. The number of hydrogen-bond acceptors (Lipinski definition) is 3. The average Bonchev–Trinajstić information content (AvgIpc) is 2.27. The molecule has 1 rings (SSSR count). The van der Waals surface area contributed by atoms with Gasteiger partial charge in [-0.05, 0) is 18.6 Å². The summed E-state index contributed by atoms with van der Waals surface area (Å²) in [5.41, 5.74) is 5.83. The van der Waals surface area contributed by atoms with Crippen molar-refractivity contribution in [3.63, 3.8) is 0 Å². The SMILES string of the molecule is CCCN(CC(F)(F)F)c1ccc(Cl)c(CN)n1. The summed E-state index contributed by atoms with van der Waals surface area (Å²) in [6.45, 7) is 1.15. The van der Waals surface area contributed by atoms with Crippen molar-refractivity contribution >= 4 is 17.4 Å². The molecular formula is C11H15ClF3N3. The fourth-order valence-electron chi connectivity index (χ4n) is 1.55. The van der Waals surface area contributed by atoms with Crippen molar-refractivity contribution < 1.29 is 13.2 Å². The van der Waals surface area contributed by atoms with Crippen molar-refractivity contribution in [1.82, 2.24) is 4.98 Å². The maximum atomic E-state index is 12.5. The Hall–Kier alpha value is -1.01. The van der Waals surface area contributed by atoms with E-state index in [2.05, 4.69) is 4.98 Å². The van der Waals surface area contributed by atoms with Crippen molar-refractivity contribution in [3.05, 3.63) is 22.8 Å². The quantitative estimate of drug-likeness (QED) is 0.902. The van der Waals surface area contributed by atoms with Crippen molar-refractivity contribution in [2.24, 2.45) is 5.73 Å². The molecule has 0 saturated carbocycles. The Morgan fingerprint density at radius 1 is 1.39 bits per heavy atom. The summed E-state index contributed by atoms with van der Waals surface area (Å²) < 4.78 is 37.4. The summed E-state index contributed by atoms with van der Waals surface area (Å²) in [5, 5.41) is 0.365. The van der Waals surface area contributed by atoms with Crippen LogP contribution in [-0.4, -0.2) is 24.2 Å². The minimum absolute atomic E-state index is 0.0959. The van der Waals surface area contributed by atoms with Gasteiger partial charge in [0.2, 0.25) is 0 Å². The van der Waals surface area contributed by atoms with Gasteiger partial charge < -0.3 is 10.6 Å². The standard InChI is InChI=1S/C11H15ClF3N3/c1-2-5-18(7-11(13,14)15)10-4-3-8(12)9(6-16)17-10/h3-4H,2,5-7,16H2,1H3. The normalized spacial score (nSPS) is 11.7. The maximum Gasteiger partial charge on any atom is 0.405 e. The number of alkyl halides is 3. The van der Waals surface area contributed by atoms with E-state index in [0.717, 1.165) is 0 Å². The van der Waals surface area contributed by atoms with E-state index >= 15 is 0 Å². The Kier molecular flexibility index (Phi) is 5.22. The summed E-state index contributed by atoms with van der Waals surface area (Å²) in [5.74, 6) is 0.249. The van der Waals surface area contributed by atoms with Crippen molar-refractivity contribution in [2.75, 3.05) is 18.0 Å². The van der Waals surface area contributed by atoms with Gasteiger partial charge in [0, 0.05) is 13.1 Å². The Morgan fingerprint density at radius 2 is 2.06 bits per heavy atom. The minimum Gasteiger partial charge on any atom is -0.348 e. The molecule has 102 valence electrons. The first-order valence-electron chi connectivity index (χ1n) is 5.54. The predicted octanol–water partition coefficient (Wildman–Crippen LogP) is 2.97. The van der Waals surface area contributed by atoms with Crippen LogP contribution in [0.1, 0.15) is 19.0 Å².